The van der Waals surface area contributed by atoms with Crippen LogP contribution in [0.15, 0.2) is 24.3 Å². The van der Waals surface area contributed by atoms with Crippen molar-refractivity contribution in [2.75, 3.05) is 7.05 Å². The van der Waals surface area contributed by atoms with Gasteiger partial charge in [-0.3, -0.25) is 0 Å². The Morgan fingerprint density at radius 3 is 2.65 bits per heavy atom. The molecule has 1 N–H and O–H groups in total. The van der Waals surface area contributed by atoms with Crippen molar-refractivity contribution in [1.29, 1.82) is 0 Å². The number of benzene rings is 1. The van der Waals surface area contributed by atoms with Crippen LogP contribution in [-0.4, -0.2) is 13.7 Å². The summed E-state index contributed by atoms with van der Waals surface area (Å²) in [6, 6.07) is 6.63. The molecule has 0 fully saturated rings. The third-order valence-corrected chi connectivity index (χ3v) is 2.34. The summed E-state index contributed by atoms with van der Waals surface area (Å²) >= 11 is 0. The number of halogens is 2. The molecule has 0 aliphatic carbocycles. The van der Waals surface area contributed by atoms with Crippen molar-refractivity contribution in [1.82, 2.24) is 5.32 Å². The van der Waals surface area contributed by atoms with Crippen LogP contribution in [-0.2, 0) is 0 Å². The Balaban J connectivity index is 2.95. The third-order valence-electron chi connectivity index (χ3n) is 2.34. The number of rotatable bonds is 5. The van der Waals surface area contributed by atoms with Gasteiger partial charge in [0.25, 0.3) is 0 Å². The minimum absolute atomic E-state index is 0.114. The minimum atomic E-state index is -2.81. The van der Waals surface area contributed by atoms with Gasteiger partial charge in [-0.25, -0.2) is 0 Å². The average Bonchev–Trinajstić information content (AvgIpc) is 2.31. The van der Waals surface area contributed by atoms with Gasteiger partial charge in [0.15, 0.2) is 0 Å². The van der Waals surface area contributed by atoms with Gasteiger partial charge >= 0.3 is 6.61 Å². The minimum Gasteiger partial charge on any atom is -0.434 e. The zero-order chi connectivity index (χ0) is 12.7. The zero-order valence-corrected chi connectivity index (χ0v) is 9.84. The van der Waals surface area contributed by atoms with Crippen molar-refractivity contribution in [3.05, 3.63) is 29.8 Å². The number of hydrogen-bond donors (Lipinski definition) is 1. The molecule has 0 aliphatic rings. The molecule has 1 unspecified atom stereocenters. The van der Waals surface area contributed by atoms with Crippen LogP contribution in [0.4, 0.5) is 8.78 Å². The number of hydrogen-bond acceptors (Lipinski definition) is 2. The maximum absolute atomic E-state index is 12.2. The molecule has 0 saturated heterocycles. The van der Waals surface area contributed by atoms with Crippen molar-refractivity contribution in [2.45, 2.75) is 26.0 Å². The van der Waals surface area contributed by atoms with E-state index in [0.29, 0.717) is 12.0 Å². The Labute approximate surface area is 100.0 Å². The number of alkyl halides is 2. The van der Waals surface area contributed by atoms with E-state index in [2.05, 4.69) is 21.9 Å². The molecule has 92 valence electrons. The van der Waals surface area contributed by atoms with E-state index < -0.39 is 6.61 Å². The van der Waals surface area contributed by atoms with Crippen molar-refractivity contribution in [3.8, 4) is 17.6 Å². The predicted octanol–water partition coefficient (Wildman–Crippen LogP) is 2.96. The molecule has 0 aliphatic heterocycles. The summed E-state index contributed by atoms with van der Waals surface area (Å²) in [6.45, 7) is -1.07. The Hall–Kier alpha value is -1.60. The van der Waals surface area contributed by atoms with Gasteiger partial charge in [-0.2, -0.15) is 8.78 Å². The number of ether oxygens (including phenoxy) is 1. The second-order valence-electron chi connectivity index (χ2n) is 3.39. The maximum atomic E-state index is 12.2. The molecule has 1 aromatic rings. The molecule has 0 aromatic heterocycles. The van der Waals surface area contributed by atoms with Crippen molar-refractivity contribution in [3.63, 3.8) is 0 Å². The monoisotopic (exact) mass is 239 g/mol. The number of nitrogens with one attached hydrogen (secondary N) is 1. The SMILES string of the molecule is CC#CCC(NC)c1ccccc1OC(F)F. The molecule has 1 atom stereocenters. The lowest BCUT2D eigenvalue weighted by Gasteiger charge is -2.17. The quantitative estimate of drug-likeness (QED) is 0.798. The van der Waals surface area contributed by atoms with E-state index in [0.717, 1.165) is 0 Å². The molecule has 1 rings (SSSR count). The summed E-state index contributed by atoms with van der Waals surface area (Å²) in [6.07, 6.45) is 0.552. The molecule has 0 amide bonds. The highest BCUT2D eigenvalue weighted by molar-refractivity contribution is 5.36. The smallest absolute Gasteiger partial charge is 0.387 e. The predicted molar refractivity (Wildman–Crippen MR) is 62.9 cm³/mol. The topological polar surface area (TPSA) is 21.3 Å². The van der Waals surface area contributed by atoms with E-state index in [9.17, 15) is 8.78 Å². The van der Waals surface area contributed by atoms with Crippen molar-refractivity contribution in [2.24, 2.45) is 0 Å². The molecular weight excluding hydrogens is 224 g/mol. The van der Waals surface area contributed by atoms with Gasteiger partial charge in [-0.05, 0) is 20.0 Å². The molecule has 0 bridgehead atoms. The van der Waals surface area contributed by atoms with Crippen LogP contribution in [0.2, 0.25) is 0 Å². The maximum Gasteiger partial charge on any atom is 0.387 e. The van der Waals surface area contributed by atoms with Gasteiger partial charge < -0.3 is 10.1 Å². The van der Waals surface area contributed by atoms with Crippen LogP contribution in [0, 0.1) is 11.8 Å². The van der Waals surface area contributed by atoms with E-state index in [1.54, 1.807) is 32.2 Å². The fourth-order valence-electron chi connectivity index (χ4n) is 1.54. The second-order valence-corrected chi connectivity index (χ2v) is 3.39. The van der Waals surface area contributed by atoms with Crippen LogP contribution in [0.1, 0.15) is 24.9 Å². The number of para-hydroxylation sites is 1. The average molecular weight is 239 g/mol. The summed E-state index contributed by atoms with van der Waals surface area (Å²) in [5.74, 6) is 5.90. The van der Waals surface area contributed by atoms with Crippen molar-refractivity contribution < 1.29 is 13.5 Å². The first kappa shape index (κ1) is 13.5. The second kappa shape index (κ2) is 6.87. The van der Waals surface area contributed by atoms with Gasteiger partial charge in [0.2, 0.25) is 0 Å². The van der Waals surface area contributed by atoms with Gasteiger partial charge in [0.1, 0.15) is 5.75 Å². The molecule has 4 heteroatoms. The van der Waals surface area contributed by atoms with E-state index in [1.165, 1.54) is 6.07 Å². The Bertz CT molecular complexity index is 409. The van der Waals surface area contributed by atoms with Gasteiger partial charge in [-0.1, -0.05) is 18.2 Å². The van der Waals surface area contributed by atoms with Crippen molar-refractivity contribution >= 4 is 0 Å². The molecule has 0 saturated carbocycles. The molecule has 0 heterocycles. The summed E-state index contributed by atoms with van der Waals surface area (Å²) in [5, 5.41) is 3.04. The molecule has 17 heavy (non-hydrogen) atoms. The fourth-order valence-corrected chi connectivity index (χ4v) is 1.54. The zero-order valence-electron chi connectivity index (χ0n) is 9.84. The van der Waals surface area contributed by atoms with Crippen LogP contribution >= 0.6 is 0 Å². The highest BCUT2D eigenvalue weighted by Gasteiger charge is 2.15. The third kappa shape index (κ3) is 4.04. The van der Waals surface area contributed by atoms with Gasteiger partial charge in [-0.15, -0.1) is 11.8 Å². The molecule has 0 spiro atoms. The Kier molecular flexibility index (Phi) is 5.44. The van der Waals surface area contributed by atoms with E-state index >= 15 is 0 Å². The van der Waals surface area contributed by atoms with Crippen LogP contribution in [0.25, 0.3) is 0 Å². The summed E-state index contributed by atoms with van der Waals surface area (Å²) < 4.78 is 29.0. The van der Waals surface area contributed by atoms with Crippen LogP contribution in [0.3, 0.4) is 0 Å². The first-order valence-corrected chi connectivity index (χ1v) is 5.29. The summed E-state index contributed by atoms with van der Waals surface area (Å²) in [5.41, 5.74) is 0.693. The first-order valence-electron chi connectivity index (χ1n) is 5.29. The van der Waals surface area contributed by atoms with Gasteiger partial charge in [0.05, 0.1) is 0 Å². The van der Waals surface area contributed by atoms with Crippen LogP contribution < -0.4 is 10.1 Å². The molecular formula is C13H15F2NO. The lowest BCUT2D eigenvalue weighted by molar-refractivity contribution is -0.0506. The normalized spacial score (nSPS) is 11.8. The molecule has 2 nitrogen and oxygen atoms in total. The Morgan fingerprint density at radius 2 is 2.06 bits per heavy atom. The van der Waals surface area contributed by atoms with E-state index in [-0.39, 0.29) is 11.8 Å². The summed E-state index contributed by atoms with van der Waals surface area (Å²) in [4.78, 5) is 0. The summed E-state index contributed by atoms with van der Waals surface area (Å²) in [7, 11) is 1.77. The lowest BCUT2D eigenvalue weighted by atomic mass is 10.0. The van der Waals surface area contributed by atoms with E-state index in [4.69, 9.17) is 0 Å². The molecule has 1 aromatic carbocycles. The lowest BCUT2D eigenvalue weighted by Crippen LogP contribution is -2.17. The Morgan fingerprint density at radius 1 is 1.35 bits per heavy atom. The van der Waals surface area contributed by atoms with Crippen LogP contribution in [0.5, 0.6) is 5.75 Å². The highest BCUT2D eigenvalue weighted by atomic mass is 19.3. The van der Waals surface area contributed by atoms with E-state index in [1.807, 2.05) is 0 Å². The highest BCUT2D eigenvalue weighted by Crippen LogP contribution is 2.27. The largest absolute Gasteiger partial charge is 0.434 e. The first-order chi connectivity index (χ1) is 8.19. The fraction of sp³-hybridized carbons (Fsp3) is 0.385. The molecule has 0 radical (unpaired) electrons. The van der Waals surface area contributed by atoms with Gasteiger partial charge in [0, 0.05) is 18.0 Å². The standard InChI is InChI=1S/C13H15F2NO/c1-3-4-8-11(16-2)10-7-5-6-9-12(10)17-13(14)15/h5-7,9,11,13,16H,8H2,1-2H3.